The largest absolute Gasteiger partial charge is 0.459 e. The number of carbonyl (C=O) groups excluding carboxylic acids is 1. The van der Waals surface area contributed by atoms with Crippen LogP contribution in [-0.2, 0) is 21.7 Å². The molecular formula is C16H16BrNO2. The Morgan fingerprint density at radius 3 is 2.35 bits per heavy atom. The van der Waals surface area contributed by atoms with Gasteiger partial charge in [0.25, 0.3) is 0 Å². The molecule has 1 atom stereocenters. The first-order chi connectivity index (χ1) is 9.50. The van der Waals surface area contributed by atoms with Crippen LogP contribution in [0.25, 0.3) is 0 Å². The molecule has 4 heteroatoms. The van der Waals surface area contributed by atoms with E-state index in [9.17, 15) is 4.79 Å². The van der Waals surface area contributed by atoms with Gasteiger partial charge in [-0.05, 0) is 30.2 Å². The number of benzene rings is 2. The van der Waals surface area contributed by atoms with Crippen LogP contribution in [0.15, 0.2) is 59.1 Å². The van der Waals surface area contributed by atoms with Gasteiger partial charge in [-0.2, -0.15) is 0 Å². The van der Waals surface area contributed by atoms with Crippen molar-refractivity contribution >= 4 is 21.9 Å². The molecule has 104 valence electrons. The highest BCUT2D eigenvalue weighted by Gasteiger charge is 2.32. The van der Waals surface area contributed by atoms with Crippen LogP contribution in [-0.4, -0.2) is 5.97 Å². The molecule has 0 aliphatic rings. The third kappa shape index (κ3) is 3.46. The lowest BCUT2D eigenvalue weighted by Gasteiger charge is -2.23. The predicted molar refractivity (Wildman–Crippen MR) is 81.9 cm³/mol. The van der Waals surface area contributed by atoms with Crippen LogP contribution >= 0.6 is 15.9 Å². The lowest BCUT2D eigenvalue weighted by atomic mass is 9.93. The lowest BCUT2D eigenvalue weighted by molar-refractivity contribution is -0.151. The maximum absolute atomic E-state index is 12.2. The van der Waals surface area contributed by atoms with E-state index in [0.717, 1.165) is 15.6 Å². The molecule has 1 unspecified atom stereocenters. The zero-order chi connectivity index (χ0) is 14.6. The van der Waals surface area contributed by atoms with Crippen molar-refractivity contribution in [2.75, 3.05) is 0 Å². The smallest absolute Gasteiger partial charge is 0.330 e. The van der Waals surface area contributed by atoms with E-state index in [-0.39, 0.29) is 6.61 Å². The van der Waals surface area contributed by atoms with Crippen molar-refractivity contribution in [2.24, 2.45) is 5.73 Å². The second-order valence-electron chi connectivity index (χ2n) is 4.77. The molecule has 0 saturated heterocycles. The normalized spacial score (nSPS) is 13.6. The quantitative estimate of drug-likeness (QED) is 0.873. The number of hydrogen-bond donors (Lipinski definition) is 1. The minimum Gasteiger partial charge on any atom is -0.459 e. The van der Waals surface area contributed by atoms with E-state index in [2.05, 4.69) is 15.9 Å². The lowest BCUT2D eigenvalue weighted by Crippen LogP contribution is -2.43. The maximum Gasteiger partial charge on any atom is 0.330 e. The van der Waals surface area contributed by atoms with Crippen LogP contribution in [0.5, 0.6) is 0 Å². The highest BCUT2D eigenvalue weighted by molar-refractivity contribution is 9.10. The van der Waals surface area contributed by atoms with Crippen LogP contribution in [0, 0.1) is 0 Å². The summed E-state index contributed by atoms with van der Waals surface area (Å²) in [7, 11) is 0. The van der Waals surface area contributed by atoms with Crippen molar-refractivity contribution in [3.8, 4) is 0 Å². The van der Waals surface area contributed by atoms with E-state index in [0.29, 0.717) is 0 Å². The van der Waals surface area contributed by atoms with E-state index in [1.807, 2.05) is 54.6 Å². The summed E-state index contributed by atoms with van der Waals surface area (Å²) in [6.45, 7) is 1.88. The van der Waals surface area contributed by atoms with Gasteiger partial charge in [0, 0.05) is 4.47 Å². The summed E-state index contributed by atoms with van der Waals surface area (Å²) in [6, 6.07) is 16.9. The summed E-state index contributed by atoms with van der Waals surface area (Å²) >= 11 is 3.35. The van der Waals surface area contributed by atoms with Gasteiger partial charge < -0.3 is 10.5 Å². The zero-order valence-corrected chi connectivity index (χ0v) is 12.8. The first-order valence-corrected chi connectivity index (χ1v) is 7.05. The van der Waals surface area contributed by atoms with Crippen LogP contribution in [0.3, 0.4) is 0 Å². The van der Waals surface area contributed by atoms with E-state index in [4.69, 9.17) is 10.5 Å². The second-order valence-corrected chi connectivity index (χ2v) is 5.69. The van der Waals surface area contributed by atoms with E-state index in [1.165, 1.54) is 0 Å². The summed E-state index contributed by atoms with van der Waals surface area (Å²) in [5.74, 6) is -0.441. The first-order valence-electron chi connectivity index (χ1n) is 6.26. The van der Waals surface area contributed by atoms with Gasteiger partial charge in [-0.25, -0.2) is 4.79 Å². The number of carbonyl (C=O) groups is 1. The third-order valence-corrected chi connectivity index (χ3v) is 3.61. The Kier molecular flexibility index (Phi) is 4.57. The fraction of sp³-hybridized carbons (Fsp3) is 0.188. The summed E-state index contributed by atoms with van der Waals surface area (Å²) in [4.78, 5) is 12.2. The van der Waals surface area contributed by atoms with Gasteiger partial charge in [-0.3, -0.25) is 0 Å². The molecule has 3 nitrogen and oxygen atoms in total. The standard InChI is InChI=1S/C16H16BrNO2/c1-16(18,13-7-9-14(17)10-8-13)15(19)20-11-12-5-3-2-4-6-12/h2-10H,11,18H2,1H3. The second kappa shape index (κ2) is 6.20. The Hall–Kier alpha value is -1.65. The summed E-state index contributed by atoms with van der Waals surface area (Å²) in [5.41, 5.74) is 6.61. The Balaban J connectivity index is 2.05. The number of halogens is 1. The summed E-state index contributed by atoms with van der Waals surface area (Å²) in [5, 5.41) is 0. The molecule has 0 radical (unpaired) electrons. The summed E-state index contributed by atoms with van der Waals surface area (Å²) in [6.07, 6.45) is 0. The molecule has 2 rings (SSSR count). The Morgan fingerprint density at radius 2 is 1.75 bits per heavy atom. The molecule has 2 aromatic carbocycles. The molecule has 0 spiro atoms. The van der Waals surface area contributed by atoms with Crippen LogP contribution in [0.2, 0.25) is 0 Å². The van der Waals surface area contributed by atoms with Crippen LogP contribution < -0.4 is 5.73 Å². The number of rotatable bonds is 4. The van der Waals surface area contributed by atoms with Gasteiger partial charge in [-0.15, -0.1) is 0 Å². The SMILES string of the molecule is CC(N)(C(=O)OCc1ccccc1)c1ccc(Br)cc1. The zero-order valence-electron chi connectivity index (χ0n) is 11.2. The van der Waals surface area contributed by atoms with Gasteiger partial charge in [0.05, 0.1) is 0 Å². The number of nitrogens with two attached hydrogens (primary N) is 1. The van der Waals surface area contributed by atoms with Crippen molar-refractivity contribution in [3.05, 3.63) is 70.2 Å². The minimum absolute atomic E-state index is 0.225. The molecule has 0 aliphatic heterocycles. The topological polar surface area (TPSA) is 52.3 Å². The van der Waals surface area contributed by atoms with Gasteiger partial charge in [-0.1, -0.05) is 58.4 Å². The van der Waals surface area contributed by atoms with Gasteiger partial charge in [0.15, 0.2) is 0 Å². The number of ether oxygens (including phenoxy) is 1. The molecule has 2 aromatic rings. The Labute approximate surface area is 126 Å². The molecule has 0 saturated carbocycles. The molecule has 0 aromatic heterocycles. The Bertz CT molecular complexity index is 579. The van der Waals surface area contributed by atoms with E-state index in [1.54, 1.807) is 6.92 Å². The van der Waals surface area contributed by atoms with Crippen molar-refractivity contribution in [2.45, 2.75) is 19.1 Å². The molecular weight excluding hydrogens is 318 g/mol. The Morgan fingerprint density at radius 1 is 1.15 bits per heavy atom. The molecule has 2 N–H and O–H groups in total. The van der Waals surface area contributed by atoms with E-state index >= 15 is 0 Å². The fourth-order valence-corrected chi connectivity index (χ4v) is 2.05. The van der Waals surface area contributed by atoms with Crippen LogP contribution in [0.4, 0.5) is 0 Å². The first kappa shape index (κ1) is 14.8. The molecule has 0 fully saturated rings. The summed E-state index contributed by atoms with van der Waals surface area (Å²) < 4.78 is 6.24. The third-order valence-electron chi connectivity index (χ3n) is 3.08. The predicted octanol–water partition coefficient (Wildman–Crippen LogP) is 3.37. The van der Waals surface area contributed by atoms with Crippen molar-refractivity contribution < 1.29 is 9.53 Å². The fourth-order valence-electron chi connectivity index (χ4n) is 1.79. The minimum atomic E-state index is -1.16. The van der Waals surface area contributed by atoms with Crippen molar-refractivity contribution in [1.29, 1.82) is 0 Å². The average molecular weight is 334 g/mol. The number of hydrogen-bond acceptors (Lipinski definition) is 3. The molecule has 0 aliphatic carbocycles. The molecule has 0 amide bonds. The maximum atomic E-state index is 12.2. The van der Waals surface area contributed by atoms with Crippen LogP contribution in [0.1, 0.15) is 18.1 Å². The monoisotopic (exact) mass is 333 g/mol. The van der Waals surface area contributed by atoms with Crippen molar-refractivity contribution in [3.63, 3.8) is 0 Å². The molecule has 20 heavy (non-hydrogen) atoms. The molecule has 0 bridgehead atoms. The van der Waals surface area contributed by atoms with E-state index < -0.39 is 11.5 Å². The average Bonchev–Trinajstić information content (AvgIpc) is 2.46. The number of esters is 1. The highest BCUT2D eigenvalue weighted by atomic mass is 79.9. The van der Waals surface area contributed by atoms with Gasteiger partial charge >= 0.3 is 5.97 Å². The van der Waals surface area contributed by atoms with Crippen molar-refractivity contribution in [1.82, 2.24) is 0 Å². The van der Waals surface area contributed by atoms with Gasteiger partial charge in [0.2, 0.25) is 0 Å². The highest BCUT2D eigenvalue weighted by Crippen LogP contribution is 2.22. The molecule has 0 heterocycles. The van der Waals surface area contributed by atoms with Gasteiger partial charge in [0.1, 0.15) is 12.1 Å².